The van der Waals surface area contributed by atoms with Crippen LogP contribution >= 0.6 is 0 Å². The van der Waals surface area contributed by atoms with Gasteiger partial charge in [0.25, 0.3) is 0 Å². The topological polar surface area (TPSA) is 63.4 Å². The number of hydrogen-bond acceptors (Lipinski definition) is 2. The minimum Gasteiger partial charge on any atom is -0.369 e. The number of likely N-dealkylation sites (tertiary alicyclic amines) is 1. The van der Waals surface area contributed by atoms with E-state index >= 15 is 0 Å². The van der Waals surface area contributed by atoms with E-state index < -0.39 is 0 Å². The van der Waals surface area contributed by atoms with E-state index in [4.69, 9.17) is 5.73 Å². The molecule has 1 saturated carbocycles. The molecule has 2 aliphatic rings. The van der Waals surface area contributed by atoms with Crippen LogP contribution in [0.15, 0.2) is 30.3 Å². The predicted octanol–water partition coefficient (Wildman–Crippen LogP) is 1.83. The summed E-state index contributed by atoms with van der Waals surface area (Å²) in [6.45, 7) is 1.21. The second kappa shape index (κ2) is 5.51. The minimum absolute atomic E-state index is 0.0590. The Hall–Kier alpha value is -1.84. The number of hydrogen-bond donors (Lipinski definition) is 1. The van der Waals surface area contributed by atoms with Gasteiger partial charge in [-0.15, -0.1) is 0 Å². The Kier molecular flexibility index (Phi) is 3.70. The summed E-state index contributed by atoms with van der Waals surface area (Å²) in [5, 5.41) is 0. The molecule has 0 aromatic heterocycles. The number of nitrogens with zero attached hydrogens (tertiary/aromatic N) is 1. The van der Waals surface area contributed by atoms with Gasteiger partial charge in [-0.2, -0.15) is 0 Å². The van der Waals surface area contributed by atoms with Crippen molar-refractivity contribution in [1.82, 2.24) is 4.90 Å². The molecule has 2 fully saturated rings. The first-order chi connectivity index (χ1) is 10.1. The van der Waals surface area contributed by atoms with E-state index in [0.717, 1.165) is 19.4 Å². The fraction of sp³-hybridized carbons (Fsp3) is 0.529. The quantitative estimate of drug-likeness (QED) is 0.918. The van der Waals surface area contributed by atoms with Crippen LogP contribution in [0.2, 0.25) is 0 Å². The predicted molar refractivity (Wildman–Crippen MR) is 80.5 cm³/mol. The van der Waals surface area contributed by atoms with E-state index in [1.807, 2.05) is 11.0 Å². The maximum Gasteiger partial charge on any atom is 0.223 e. The Balaban J connectivity index is 1.81. The van der Waals surface area contributed by atoms with Gasteiger partial charge in [0, 0.05) is 24.9 Å². The normalized spacial score (nSPS) is 24.5. The third kappa shape index (κ3) is 2.67. The molecule has 0 spiro atoms. The molecule has 1 saturated heterocycles. The number of primary amides is 1. The van der Waals surface area contributed by atoms with Crippen molar-refractivity contribution in [2.45, 2.75) is 37.5 Å². The van der Waals surface area contributed by atoms with Crippen LogP contribution in [-0.4, -0.2) is 29.8 Å². The Morgan fingerprint density at radius 3 is 2.48 bits per heavy atom. The fourth-order valence-corrected chi connectivity index (χ4v) is 3.86. The highest BCUT2D eigenvalue weighted by atomic mass is 16.2. The molecule has 1 aromatic carbocycles. The molecule has 4 nitrogen and oxygen atoms in total. The molecule has 21 heavy (non-hydrogen) atoms. The van der Waals surface area contributed by atoms with E-state index in [1.165, 1.54) is 18.4 Å². The van der Waals surface area contributed by atoms with Crippen LogP contribution in [0.1, 0.15) is 37.7 Å². The van der Waals surface area contributed by atoms with E-state index in [-0.39, 0.29) is 29.6 Å². The molecule has 1 aliphatic carbocycles. The molecule has 1 unspecified atom stereocenters. The molecule has 1 heterocycles. The number of carbonyl (C=O) groups is 2. The molecule has 2 amide bonds. The van der Waals surface area contributed by atoms with Gasteiger partial charge >= 0.3 is 0 Å². The highest BCUT2D eigenvalue weighted by molar-refractivity contribution is 5.88. The van der Waals surface area contributed by atoms with E-state index in [1.54, 1.807) is 0 Å². The molecule has 112 valence electrons. The van der Waals surface area contributed by atoms with Gasteiger partial charge in [0.05, 0.1) is 5.92 Å². The maximum atomic E-state index is 12.2. The Morgan fingerprint density at radius 2 is 1.90 bits per heavy atom. The monoisotopic (exact) mass is 286 g/mol. The fourth-order valence-electron chi connectivity index (χ4n) is 3.86. The summed E-state index contributed by atoms with van der Waals surface area (Å²) >= 11 is 0. The Morgan fingerprint density at radius 1 is 1.24 bits per heavy atom. The zero-order valence-corrected chi connectivity index (χ0v) is 12.3. The zero-order valence-electron chi connectivity index (χ0n) is 12.3. The number of carbonyl (C=O) groups excluding carboxylic acids is 2. The molecule has 1 atom stereocenters. The molecule has 0 radical (unpaired) electrons. The average Bonchev–Trinajstić information content (AvgIpc) is 3.09. The van der Waals surface area contributed by atoms with Crippen LogP contribution in [0.3, 0.4) is 0 Å². The highest BCUT2D eigenvalue weighted by Gasteiger charge is 2.41. The number of amides is 2. The van der Waals surface area contributed by atoms with Gasteiger partial charge in [0.1, 0.15) is 0 Å². The molecule has 2 N–H and O–H groups in total. The summed E-state index contributed by atoms with van der Waals surface area (Å²) in [4.78, 5) is 25.3. The summed E-state index contributed by atoms with van der Waals surface area (Å²) in [6.07, 6.45) is 4.91. The van der Waals surface area contributed by atoms with Crippen LogP contribution in [0.5, 0.6) is 0 Å². The van der Waals surface area contributed by atoms with Crippen molar-refractivity contribution in [2.24, 2.45) is 11.7 Å². The van der Waals surface area contributed by atoms with Crippen molar-refractivity contribution in [3.8, 4) is 0 Å². The van der Waals surface area contributed by atoms with Crippen molar-refractivity contribution in [2.75, 3.05) is 13.1 Å². The van der Waals surface area contributed by atoms with Crippen LogP contribution in [0.25, 0.3) is 0 Å². The van der Waals surface area contributed by atoms with Gasteiger partial charge in [-0.3, -0.25) is 9.59 Å². The SMILES string of the molecule is NC(=O)C1CC(=O)N(CC2(c3ccccc3)CCCC2)C1. The Bertz CT molecular complexity index is 535. The van der Waals surface area contributed by atoms with Gasteiger partial charge in [-0.1, -0.05) is 43.2 Å². The van der Waals surface area contributed by atoms with Gasteiger partial charge in [-0.05, 0) is 18.4 Å². The van der Waals surface area contributed by atoms with E-state index in [9.17, 15) is 9.59 Å². The second-order valence-electron chi connectivity index (χ2n) is 6.43. The second-order valence-corrected chi connectivity index (χ2v) is 6.43. The van der Waals surface area contributed by atoms with Crippen molar-refractivity contribution in [3.05, 3.63) is 35.9 Å². The molecule has 1 aromatic rings. The molecule has 0 bridgehead atoms. The van der Waals surface area contributed by atoms with Crippen LogP contribution in [-0.2, 0) is 15.0 Å². The number of nitrogens with two attached hydrogens (primary N) is 1. The number of rotatable bonds is 4. The van der Waals surface area contributed by atoms with Gasteiger partial charge < -0.3 is 10.6 Å². The van der Waals surface area contributed by atoms with Crippen molar-refractivity contribution in [3.63, 3.8) is 0 Å². The molecular formula is C17H22N2O2. The van der Waals surface area contributed by atoms with Crippen LogP contribution < -0.4 is 5.73 Å². The summed E-state index contributed by atoms with van der Waals surface area (Å²) in [5.74, 6) is -0.598. The smallest absolute Gasteiger partial charge is 0.223 e. The summed E-state index contributed by atoms with van der Waals surface area (Å²) in [7, 11) is 0. The highest BCUT2D eigenvalue weighted by Crippen LogP contribution is 2.42. The molecule has 3 rings (SSSR count). The summed E-state index contributed by atoms with van der Waals surface area (Å²) < 4.78 is 0. The lowest BCUT2D eigenvalue weighted by Gasteiger charge is -2.34. The third-order valence-electron chi connectivity index (χ3n) is 5.06. The van der Waals surface area contributed by atoms with E-state index in [2.05, 4.69) is 24.3 Å². The van der Waals surface area contributed by atoms with Gasteiger partial charge in [-0.25, -0.2) is 0 Å². The van der Waals surface area contributed by atoms with Crippen molar-refractivity contribution < 1.29 is 9.59 Å². The largest absolute Gasteiger partial charge is 0.369 e. The lowest BCUT2D eigenvalue weighted by molar-refractivity contribution is -0.129. The van der Waals surface area contributed by atoms with Crippen LogP contribution in [0.4, 0.5) is 0 Å². The average molecular weight is 286 g/mol. The van der Waals surface area contributed by atoms with Gasteiger partial charge in [0.15, 0.2) is 0 Å². The first-order valence-electron chi connectivity index (χ1n) is 7.73. The van der Waals surface area contributed by atoms with Crippen molar-refractivity contribution >= 4 is 11.8 Å². The zero-order chi connectivity index (χ0) is 14.9. The minimum atomic E-state index is -0.356. The van der Waals surface area contributed by atoms with Crippen molar-refractivity contribution in [1.29, 1.82) is 0 Å². The molecular weight excluding hydrogens is 264 g/mol. The first kappa shape index (κ1) is 14.1. The maximum absolute atomic E-state index is 12.2. The molecule has 1 aliphatic heterocycles. The molecule has 4 heteroatoms. The first-order valence-corrected chi connectivity index (χ1v) is 7.73. The summed E-state index contributed by atoms with van der Waals surface area (Å²) in [6, 6.07) is 10.5. The van der Waals surface area contributed by atoms with Gasteiger partial charge in [0.2, 0.25) is 11.8 Å². The van der Waals surface area contributed by atoms with E-state index in [0.29, 0.717) is 6.54 Å². The lowest BCUT2D eigenvalue weighted by Crippen LogP contribution is -2.40. The lowest BCUT2D eigenvalue weighted by atomic mass is 9.78. The summed E-state index contributed by atoms with van der Waals surface area (Å²) in [5.41, 5.74) is 6.73. The third-order valence-corrected chi connectivity index (χ3v) is 5.06. The van der Waals surface area contributed by atoms with Crippen LogP contribution in [0, 0.1) is 5.92 Å². The number of benzene rings is 1. The Labute approximate surface area is 125 Å². The standard InChI is InChI=1S/C17H22N2O2/c18-16(21)13-10-15(20)19(11-13)12-17(8-4-5-9-17)14-6-2-1-3-7-14/h1-3,6-7,13H,4-5,8-12H2,(H2,18,21).